The molecule has 39 heavy (non-hydrogen) atoms. The van der Waals surface area contributed by atoms with Crippen LogP contribution in [0, 0.1) is 5.92 Å². The van der Waals surface area contributed by atoms with Crippen molar-refractivity contribution in [1.29, 1.82) is 0 Å². The van der Waals surface area contributed by atoms with Gasteiger partial charge in [0.25, 0.3) is 0 Å². The van der Waals surface area contributed by atoms with Gasteiger partial charge >= 0.3 is 5.97 Å². The summed E-state index contributed by atoms with van der Waals surface area (Å²) in [5, 5.41) is 9.58. The summed E-state index contributed by atoms with van der Waals surface area (Å²) < 4.78 is 2.15. The number of amides is 1. The van der Waals surface area contributed by atoms with Gasteiger partial charge in [-0.1, -0.05) is 68.7 Å². The van der Waals surface area contributed by atoms with Gasteiger partial charge in [0.15, 0.2) is 5.65 Å². The second-order valence-electron chi connectivity index (χ2n) is 10.3. The number of aromatic nitrogens is 3. The number of hydrogen-bond donors (Lipinski definition) is 1. The van der Waals surface area contributed by atoms with Crippen LogP contribution in [0.15, 0.2) is 60.7 Å². The predicted molar refractivity (Wildman–Crippen MR) is 154 cm³/mol. The van der Waals surface area contributed by atoms with E-state index < -0.39 is 5.97 Å². The van der Waals surface area contributed by atoms with Gasteiger partial charge in [0, 0.05) is 18.9 Å². The Morgan fingerprint density at radius 1 is 0.949 bits per heavy atom. The lowest BCUT2D eigenvalue weighted by molar-refractivity contribution is -0.123. The first kappa shape index (κ1) is 26.6. The van der Waals surface area contributed by atoms with E-state index in [4.69, 9.17) is 9.97 Å². The summed E-state index contributed by atoms with van der Waals surface area (Å²) in [6, 6.07) is 19.0. The number of aromatic carboxylic acids is 1. The van der Waals surface area contributed by atoms with Crippen molar-refractivity contribution in [2.24, 2.45) is 5.92 Å². The Labute approximate surface area is 229 Å². The lowest BCUT2D eigenvalue weighted by Crippen LogP contribution is -2.37. The molecule has 1 aliphatic carbocycles. The van der Waals surface area contributed by atoms with Crippen molar-refractivity contribution in [3.8, 4) is 11.1 Å². The number of rotatable bonds is 9. The van der Waals surface area contributed by atoms with Crippen LogP contribution >= 0.6 is 0 Å². The Bertz CT molecular complexity index is 1470. The summed E-state index contributed by atoms with van der Waals surface area (Å²) in [5.41, 5.74) is 4.53. The van der Waals surface area contributed by atoms with Gasteiger partial charge in [0.1, 0.15) is 17.2 Å². The van der Waals surface area contributed by atoms with E-state index in [2.05, 4.69) is 11.5 Å². The molecule has 4 aromatic rings. The zero-order valence-corrected chi connectivity index (χ0v) is 22.8. The summed E-state index contributed by atoms with van der Waals surface area (Å²) in [5.74, 6) is 0.987. The Morgan fingerprint density at radius 3 is 2.38 bits per heavy atom. The van der Waals surface area contributed by atoms with Crippen LogP contribution < -0.4 is 4.90 Å². The molecule has 0 radical (unpaired) electrons. The van der Waals surface area contributed by atoms with Crippen LogP contribution in [0.4, 0.5) is 5.82 Å². The number of carboxylic acid groups (broad SMARTS) is 1. The van der Waals surface area contributed by atoms with Crippen molar-refractivity contribution in [3.05, 3.63) is 77.6 Å². The number of carbonyl (C=O) groups is 2. The molecule has 1 N–H and O–H groups in total. The molecule has 1 amide bonds. The molecule has 0 aliphatic heterocycles. The number of nitrogens with zero attached hydrogens (tertiary/aromatic N) is 4. The van der Waals surface area contributed by atoms with Crippen LogP contribution in [-0.4, -0.2) is 38.1 Å². The van der Waals surface area contributed by atoms with Crippen LogP contribution in [0.2, 0.25) is 0 Å². The maximum atomic E-state index is 13.4. The Hall–Kier alpha value is -4.00. The fourth-order valence-electron chi connectivity index (χ4n) is 5.66. The first-order valence-electron chi connectivity index (χ1n) is 14.1. The molecule has 202 valence electrons. The van der Waals surface area contributed by atoms with Gasteiger partial charge in [-0.15, -0.1) is 0 Å². The van der Waals surface area contributed by atoms with E-state index in [1.165, 1.54) is 6.42 Å². The Kier molecular flexibility index (Phi) is 8.05. The average molecular weight is 525 g/mol. The molecule has 2 heterocycles. The third-order valence-electron chi connectivity index (χ3n) is 7.71. The van der Waals surface area contributed by atoms with Gasteiger partial charge in [-0.2, -0.15) is 0 Å². The fraction of sp³-hybridized carbons (Fsp3) is 0.375. The lowest BCUT2D eigenvalue weighted by atomic mass is 9.88. The van der Waals surface area contributed by atoms with Crippen molar-refractivity contribution in [1.82, 2.24) is 14.5 Å². The van der Waals surface area contributed by atoms with Crippen molar-refractivity contribution in [2.75, 3.05) is 11.4 Å². The number of aryl methyl sites for hydroxylation is 1. The van der Waals surface area contributed by atoms with Crippen LogP contribution in [-0.2, 0) is 17.8 Å². The second kappa shape index (κ2) is 11.8. The molecule has 2 aromatic carbocycles. The fourth-order valence-corrected chi connectivity index (χ4v) is 5.66. The van der Waals surface area contributed by atoms with Gasteiger partial charge in [-0.3, -0.25) is 9.69 Å². The van der Waals surface area contributed by atoms with E-state index in [1.54, 1.807) is 12.1 Å². The van der Waals surface area contributed by atoms with Crippen molar-refractivity contribution in [3.63, 3.8) is 0 Å². The maximum Gasteiger partial charge on any atom is 0.336 e. The SMILES string of the molecule is CCCc1nc2ccc(N(CC)C(=O)C3CCCCC3)nc2n1Cc1ccc(-c2ccccc2C(=O)O)cc1. The van der Waals surface area contributed by atoms with Gasteiger partial charge in [0.2, 0.25) is 5.91 Å². The molecule has 7 heteroatoms. The maximum absolute atomic E-state index is 13.4. The summed E-state index contributed by atoms with van der Waals surface area (Å²) in [6.07, 6.45) is 7.16. The van der Waals surface area contributed by atoms with E-state index in [0.717, 1.165) is 66.6 Å². The Morgan fingerprint density at radius 2 is 1.69 bits per heavy atom. The molecular weight excluding hydrogens is 488 g/mol. The number of anilines is 1. The highest BCUT2D eigenvalue weighted by molar-refractivity contribution is 5.96. The molecule has 1 fully saturated rings. The highest BCUT2D eigenvalue weighted by atomic mass is 16.4. The topological polar surface area (TPSA) is 88.3 Å². The number of hydrogen-bond acceptors (Lipinski definition) is 4. The number of pyridine rings is 1. The number of benzene rings is 2. The molecule has 1 saturated carbocycles. The van der Waals surface area contributed by atoms with E-state index in [-0.39, 0.29) is 17.4 Å². The monoisotopic (exact) mass is 524 g/mol. The summed E-state index contributed by atoms with van der Waals surface area (Å²) in [7, 11) is 0. The zero-order valence-electron chi connectivity index (χ0n) is 22.8. The van der Waals surface area contributed by atoms with Crippen molar-refractivity contribution >= 4 is 28.9 Å². The first-order valence-corrected chi connectivity index (χ1v) is 14.1. The second-order valence-corrected chi connectivity index (χ2v) is 10.3. The highest BCUT2D eigenvalue weighted by Crippen LogP contribution is 2.29. The van der Waals surface area contributed by atoms with Crippen LogP contribution in [0.5, 0.6) is 0 Å². The molecule has 0 atom stereocenters. The molecule has 1 aliphatic rings. The summed E-state index contributed by atoms with van der Waals surface area (Å²) in [6.45, 7) is 5.32. The molecule has 2 aromatic heterocycles. The largest absolute Gasteiger partial charge is 0.478 e. The Balaban J connectivity index is 1.47. The molecule has 0 saturated heterocycles. The number of carboxylic acids is 1. The van der Waals surface area contributed by atoms with Crippen LogP contribution in [0.25, 0.3) is 22.3 Å². The quantitative estimate of drug-likeness (QED) is 0.262. The van der Waals surface area contributed by atoms with E-state index in [0.29, 0.717) is 24.5 Å². The standard InChI is InChI=1S/C32H36N4O3/c1-3-10-28-33-27-19-20-29(35(4-2)31(37)24-11-6-5-7-12-24)34-30(27)36(28)21-22-15-17-23(18-16-22)25-13-8-9-14-26(25)32(38)39/h8-9,13-20,24H,3-7,10-12,21H2,1-2H3,(H,38,39). The number of imidazole rings is 1. The van der Waals surface area contributed by atoms with E-state index in [1.807, 2.05) is 60.4 Å². The molecular formula is C32H36N4O3. The summed E-state index contributed by atoms with van der Waals surface area (Å²) >= 11 is 0. The first-order chi connectivity index (χ1) is 19.0. The zero-order chi connectivity index (χ0) is 27.4. The number of carbonyl (C=O) groups excluding carboxylic acids is 1. The molecule has 7 nitrogen and oxygen atoms in total. The van der Waals surface area contributed by atoms with Gasteiger partial charge in [-0.25, -0.2) is 14.8 Å². The van der Waals surface area contributed by atoms with Crippen molar-refractivity contribution < 1.29 is 14.7 Å². The predicted octanol–water partition coefficient (Wildman–Crippen LogP) is 6.73. The molecule has 0 unspecified atom stereocenters. The molecule has 0 bridgehead atoms. The van der Waals surface area contributed by atoms with E-state index in [9.17, 15) is 14.7 Å². The lowest BCUT2D eigenvalue weighted by Gasteiger charge is -2.27. The minimum atomic E-state index is -0.936. The minimum Gasteiger partial charge on any atom is -0.478 e. The minimum absolute atomic E-state index is 0.0848. The third-order valence-corrected chi connectivity index (χ3v) is 7.71. The smallest absolute Gasteiger partial charge is 0.336 e. The van der Waals surface area contributed by atoms with Gasteiger partial charge in [0.05, 0.1) is 12.1 Å². The third kappa shape index (κ3) is 5.58. The van der Waals surface area contributed by atoms with Gasteiger partial charge in [-0.05, 0) is 61.1 Å². The van der Waals surface area contributed by atoms with Gasteiger partial charge < -0.3 is 9.67 Å². The molecule has 0 spiro atoms. The van der Waals surface area contributed by atoms with Crippen LogP contribution in [0.1, 0.15) is 74.1 Å². The highest BCUT2D eigenvalue weighted by Gasteiger charge is 2.27. The average Bonchev–Trinajstić information content (AvgIpc) is 3.30. The summed E-state index contributed by atoms with van der Waals surface area (Å²) in [4.78, 5) is 36.8. The normalized spacial score (nSPS) is 14.0. The van der Waals surface area contributed by atoms with E-state index >= 15 is 0 Å². The molecule has 5 rings (SSSR count). The van der Waals surface area contributed by atoms with Crippen LogP contribution in [0.3, 0.4) is 0 Å². The number of fused-ring (bicyclic) bond motifs is 1. The van der Waals surface area contributed by atoms with Crippen molar-refractivity contribution in [2.45, 2.75) is 65.3 Å².